The van der Waals surface area contributed by atoms with Gasteiger partial charge in [-0.3, -0.25) is 0 Å². The third-order valence-corrected chi connectivity index (χ3v) is 5.26. The Bertz CT molecular complexity index is 414. The fourth-order valence-electron chi connectivity index (χ4n) is 2.45. The molecule has 1 heterocycles. The van der Waals surface area contributed by atoms with Crippen LogP contribution in [0.2, 0.25) is 0 Å². The first kappa shape index (κ1) is 12.5. The number of thioether (sulfide) groups is 1. The van der Waals surface area contributed by atoms with E-state index in [0.717, 1.165) is 10.9 Å². The minimum Gasteiger partial charge on any atom is -0.394 e. The summed E-state index contributed by atoms with van der Waals surface area (Å²) in [6.07, 6.45) is 8.83. The average molecular weight is 267 g/mol. The fourth-order valence-corrected chi connectivity index (χ4v) is 3.65. The Kier molecular flexibility index (Phi) is 3.38. The number of rotatable bonds is 7. The van der Waals surface area contributed by atoms with E-state index in [1.807, 2.05) is 24.0 Å². The van der Waals surface area contributed by atoms with Gasteiger partial charge in [0.25, 0.3) is 0 Å². The van der Waals surface area contributed by atoms with E-state index >= 15 is 0 Å². The summed E-state index contributed by atoms with van der Waals surface area (Å²) in [7, 11) is 2.02. The molecule has 1 unspecified atom stereocenters. The maximum atomic E-state index is 9.86. The molecular formula is C13H21N3OS. The van der Waals surface area contributed by atoms with E-state index in [1.165, 1.54) is 25.7 Å². The monoisotopic (exact) mass is 267 g/mol. The minimum atomic E-state index is -0.0855. The van der Waals surface area contributed by atoms with E-state index in [4.69, 9.17) is 0 Å². The maximum Gasteiger partial charge on any atom is 0.167 e. The molecule has 2 saturated carbocycles. The molecule has 1 aromatic heterocycles. The molecule has 0 bridgehead atoms. The van der Waals surface area contributed by atoms with Gasteiger partial charge in [0.2, 0.25) is 0 Å². The Morgan fingerprint density at radius 3 is 2.78 bits per heavy atom. The van der Waals surface area contributed by atoms with Crippen LogP contribution >= 0.6 is 11.8 Å². The summed E-state index contributed by atoms with van der Waals surface area (Å²) < 4.78 is 2.04. The molecule has 0 aromatic carbocycles. The van der Waals surface area contributed by atoms with Gasteiger partial charge < -0.3 is 15.0 Å². The maximum absolute atomic E-state index is 9.86. The van der Waals surface area contributed by atoms with Crippen molar-refractivity contribution in [3.05, 3.63) is 12.4 Å². The largest absolute Gasteiger partial charge is 0.394 e. The van der Waals surface area contributed by atoms with Crippen molar-refractivity contribution in [2.45, 2.75) is 42.4 Å². The van der Waals surface area contributed by atoms with E-state index in [1.54, 1.807) is 11.8 Å². The first-order valence-electron chi connectivity index (χ1n) is 6.72. The summed E-state index contributed by atoms with van der Waals surface area (Å²) in [5.41, 5.74) is -0.0855. The molecule has 5 heteroatoms. The number of nitrogens with one attached hydrogen (secondary N) is 1. The molecule has 2 N–H and O–H groups in total. The van der Waals surface area contributed by atoms with Gasteiger partial charge >= 0.3 is 0 Å². The molecule has 18 heavy (non-hydrogen) atoms. The highest BCUT2D eigenvalue weighted by atomic mass is 32.2. The van der Waals surface area contributed by atoms with Crippen LogP contribution in [0.25, 0.3) is 0 Å². The summed E-state index contributed by atoms with van der Waals surface area (Å²) in [6.45, 7) is 0.242. The molecule has 0 radical (unpaired) electrons. The van der Waals surface area contributed by atoms with Gasteiger partial charge in [-0.15, -0.1) is 0 Å². The molecule has 0 spiro atoms. The molecule has 3 rings (SSSR count). The van der Waals surface area contributed by atoms with Crippen molar-refractivity contribution in [3.63, 3.8) is 0 Å². The molecule has 2 aliphatic rings. The second kappa shape index (κ2) is 4.87. The van der Waals surface area contributed by atoms with Crippen LogP contribution in [0.3, 0.4) is 0 Å². The van der Waals surface area contributed by atoms with Crippen molar-refractivity contribution in [1.29, 1.82) is 0 Å². The summed E-state index contributed by atoms with van der Waals surface area (Å²) in [6, 6.07) is 0.639. The third-order valence-electron chi connectivity index (χ3n) is 3.95. The van der Waals surface area contributed by atoms with E-state index < -0.39 is 0 Å². The Hall–Kier alpha value is -0.520. The van der Waals surface area contributed by atoms with E-state index in [9.17, 15) is 5.11 Å². The molecule has 0 saturated heterocycles. The lowest BCUT2D eigenvalue weighted by Crippen LogP contribution is -2.53. The predicted octanol–water partition coefficient (Wildman–Crippen LogP) is 1.41. The van der Waals surface area contributed by atoms with Crippen LogP contribution in [-0.4, -0.2) is 38.6 Å². The smallest absolute Gasteiger partial charge is 0.167 e. The Balaban J connectivity index is 1.66. The zero-order chi connectivity index (χ0) is 12.6. The zero-order valence-electron chi connectivity index (χ0n) is 10.8. The van der Waals surface area contributed by atoms with Gasteiger partial charge in [0.05, 0.1) is 12.1 Å². The Morgan fingerprint density at radius 2 is 2.28 bits per heavy atom. The van der Waals surface area contributed by atoms with Gasteiger partial charge in [0.15, 0.2) is 5.16 Å². The van der Waals surface area contributed by atoms with Crippen LogP contribution < -0.4 is 5.32 Å². The summed E-state index contributed by atoms with van der Waals surface area (Å²) in [5.74, 6) is 1.56. The SMILES string of the molecule is Cn1ccnc1SCC(CO)(NC1CC1)C1CC1. The van der Waals surface area contributed by atoms with E-state index in [2.05, 4.69) is 10.3 Å². The number of aromatic nitrogens is 2. The molecule has 2 fully saturated rings. The van der Waals surface area contributed by atoms with Crippen LogP contribution in [0, 0.1) is 5.92 Å². The van der Waals surface area contributed by atoms with Crippen molar-refractivity contribution < 1.29 is 5.11 Å². The normalized spacial score (nSPS) is 23.0. The third kappa shape index (κ3) is 2.58. The predicted molar refractivity (Wildman–Crippen MR) is 72.6 cm³/mol. The second-order valence-corrected chi connectivity index (χ2v) is 6.56. The van der Waals surface area contributed by atoms with Crippen molar-refractivity contribution in [2.75, 3.05) is 12.4 Å². The van der Waals surface area contributed by atoms with Gasteiger partial charge in [0.1, 0.15) is 0 Å². The lowest BCUT2D eigenvalue weighted by molar-refractivity contribution is 0.157. The highest BCUT2D eigenvalue weighted by molar-refractivity contribution is 7.99. The number of aliphatic hydroxyl groups is 1. The zero-order valence-corrected chi connectivity index (χ0v) is 11.6. The van der Waals surface area contributed by atoms with Crippen molar-refractivity contribution in [2.24, 2.45) is 13.0 Å². The van der Waals surface area contributed by atoms with Crippen LogP contribution in [0.15, 0.2) is 17.6 Å². The van der Waals surface area contributed by atoms with Gasteiger partial charge in [-0.05, 0) is 31.6 Å². The highest BCUT2D eigenvalue weighted by Gasteiger charge is 2.47. The van der Waals surface area contributed by atoms with E-state index in [-0.39, 0.29) is 12.1 Å². The summed E-state index contributed by atoms with van der Waals surface area (Å²) in [4.78, 5) is 4.34. The van der Waals surface area contributed by atoms with Crippen molar-refractivity contribution >= 4 is 11.8 Å². The topological polar surface area (TPSA) is 50.1 Å². The number of nitrogens with zero attached hydrogens (tertiary/aromatic N) is 2. The Morgan fingerprint density at radius 1 is 1.50 bits per heavy atom. The number of hydrogen-bond donors (Lipinski definition) is 2. The quantitative estimate of drug-likeness (QED) is 0.733. The standard InChI is InChI=1S/C13H21N3OS/c1-16-7-6-14-12(16)18-9-13(8-17,10-2-3-10)15-11-4-5-11/h6-7,10-11,15,17H,2-5,8-9H2,1H3. The lowest BCUT2D eigenvalue weighted by atomic mass is 9.96. The molecule has 0 aliphatic heterocycles. The first-order valence-corrected chi connectivity index (χ1v) is 7.71. The molecule has 100 valence electrons. The van der Waals surface area contributed by atoms with Crippen molar-refractivity contribution in [3.8, 4) is 0 Å². The van der Waals surface area contributed by atoms with Gasteiger partial charge in [0, 0.05) is 31.2 Å². The van der Waals surface area contributed by atoms with Gasteiger partial charge in [-0.2, -0.15) is 0 Å². The minimum absolute atomic E-state index is 0.0855. The molecule has 1 aromatic rings. The molecule has 0 amide bonds. The van der Waals surface area contributed by atoms with Crippen LogP contribution in [-0.2, 0) is 7.05 Å². The molecule has 2 aliphatic carbocycles. The van der Waals surface area contributed by atoms with Crippen LogP contribution in [0.5, 0.6) is 0 Å². The van der Waals surface area contributed by atoms with Crippen molar-refractivity contribution in [1.82, 2.24) is 14.9 Å². The van der Waals surface area contributed by atoms with E-state index in [0.29, 0.717) is 12.0 Å². The van der Waals surface area contributed by atoms with Crippen LogP contribution in [0.1, 0.15) is 25.7 Å². The molecule has 1 atom stereocenters. The number of aryl methyl sites for hydroxylation is 1. The summed E-state index contributed by atoms with van der Waals surface area (Å²) in [5, 5.41) is 14.6. The van der Waals surface area contributed by atoms with Gasteiger partial charge in [-0.25, -0.2) is 4.98 Å². The second-order valence-electron chi connectivity index (χ2n) is 5.62. The average Bonchev–Trinajstić information content (AvgIpc) is 3.26. The molecule has 4 nitrogen and oxygen atoms in total. The number of hydrogen-bond acceptors (Lipinski definition) is 4. The Labute approximate surface area is 112 Å². The molecular weight excluding hydrogens is 246 g/mol. The highest BCUT2D eigenvalue weighted by Crippen LogP contribution is 2.43. The first-order chi connectivity index (χ1) is 8.73. The van der Waals surface area contributed by atoms with Gasteiger partial charge in [-0.1, -0.05) is 11.8 Å². The summed E-state index contributed by atoms with van der Waals surface area (Å²) >= 11 is 1.75. The number of aliphatic hydroxyl groups excluding tert-OH is 1. The number of imidazole rings is 1. The van der Waals surface area contributed by atoms with Crippen LogP contribution in [0.4, 0.5) is 0 Å². The lowest BCUT2D eigenvalue weighted by Gasteiger charge is -2.33. The fraction of sp³-hybridized carbons (Fsp3) is 0.769.